The average Bonchev–Trinajstić information content (AvgIpc) is 2.94. The van der Waals surface area contributed by atoms with E-state index in [4.69, 9.17) is 23.2 Å². The largest absolute Gasteiger partial charge is 0.354 e. The summed E-state index contributed by atoms with van der Waals surface area (Å²) in [5.74, 6) is -0.819. The van der Waals surface area contributed by atoms with E-state index in [1.165, 1.54) is 17.0 Å². The smallest absolute Gasteiger partial charge is 0.264 e. The molecule has 40 heavy (non-hydrogen) atoms. The van der Waals surface area contributed by atoms with Gasteiger partial charge in [0.05, 0.1) is 20.6 Å². The molecule has 0 saturated heterocycles. The van der Waals surface area contributed by atoms with Crippen LogP contribution in [-0.2, 0) is 26.2 Å². The van der Waals surface area contributed by atoms with Gasteiger partial charge in [0.25, 0.3) is 10.0 Å². The van der Waals surface area contributed by atoms with Gasteiger partial charge >= 0.3 is 0 Å². The molecule has 3 aromatic carbocycles. The molecule has 1 atom stereocenters. The van der Waals surface area contributed by atoms with E-state index in [0.29, 0.717) is 34.3 Å². The van der Waals surface area contributed by atoms with Crippen molar-refractivity contribution in [1.29, 1.82) is 0 Å². The van der Waals surface area contributed by atoms with Crippen molar-refractivity contribution in [3.8, 4) is 0 Å². The zero-order valence-electron chi connectivity index (χ0n) is 22.9. The molecule has 3 aromatic rings. The number of sulfonamides is 1. The van der Waals surface area contributed by atoms with E-state index in [-0.39, 0.29) is 17.3 Å². The van der Waals surface area contributed by atoms with Crippen LogP contribution in [0, 0.1) is 6.92 Å². The number of benzene rings is 3. The molecule has 0 radical (unpaired) electrons. The summed E-state index contributed by atoms with van der Waals surface area (Å²) in [7, 11) is -4.10. The standard InChI is InChI=1S/C30H35Cl2N3O4S/c1-4-6-18-33-30(37)28(5-2)34(20-23-14-17-26(31)27(32)19-23)29(36)21-35(24-15-12-22(3)13-16-24)40(38,39)25-10-8-7-9-11-25/h7-17,19,28H,4-6,18,20-21H2,1-3H3,(H,33,37). The van der Waals surface area contributed by atoms with Crippen LogP contribution in [0.15, 0.2) is 77.7 Å². The molecular weight excluding hydrogens is 569 g/mol. The monoisotopic (exact) mass is 603 g/mol. The Morgan fingerprint density at radius 3 is 2.20 bits per heavy atom. The molecule has 2 amide bonds. The molecular formula is C30H35Cl2N3O4S. The number of nitrogens with zero attached hydrogens (tertiary/aromatic N) is 2. The zero-order valence-corrected chi connectivity index (χ0v) is 25.3. The summed E-state index contributed by atoms with van der Waals surface area (Å²) in [6, 6.07) is 19.1. The normalized spacial score (nSPS) is 12.0. The molecule has 214 valence electrons. The number of carbonyl (C=O) groups excluding carboxylic acids is 2. The minimum Gasteiger partial charge on any atom is -0.354 e. The first-order chi connectivity index (χ1) is 19.1. The summed E-state index contributed by atoms with van der Waals surface area (Å²) in [5, 5.41) is 3.60. The fourth-order valence-electron chi connectivity index (χ4n) is 4.22. The summed E-state index contributed by atoms with van der Waals surface area (Å²) in [6.45, 7) is 5.77. The van der Waals surface area contributed by atoms with E-state index in [2.05, 4.69) is 5.32 Å². The summed E-state index contributed by atoms with van der Waals surface area (Å²) < 4.78 is 28.7. The number of aryl methyl sites for hydroxylation is 1. The molecule has 1 unspecified atom stereocenters. The maximum Gasteiger partial charge on any atom is 0.264 e. The van der Waals surface area contributed by atoms with Gasteiger partial charge in [-0.1, -0.05) is 85.4 Å². The quantitative estimate of drug-likeness (QED) is 0.235. The average molecular weight is 605 g/mol. The van der Waals surface area contributed by atoms with Gasteiger partial charge in [0.15, 0.2) is 0 Å². The highest BCUT2D eigenvalue weighted by molar-refractivity contribution is 7.92. The lowest BCUT2D eigenvalue weighted by molar-refractivity contribution is -0.140. The Morgan fingerprint density at radius 2 is 1.60 bits per heavy atom. The maximum absolute atomic E-state index is 14.0. The molecule has 0 aliphatic heterocycles. The van der Waals surface area contributed by atoms with E-state index >= 15 is 0 Å². The molecule has 1 N–H and O–H groups in total. The fourth-order valence-corrected chi connectivity index (χ4v) is 5.98. The molecule has 0 aliphatic carbocycles. The second-order valence-electron chi connectivity index (χ2n) is 9.50. The third kappa shape index (κ3) is 7.99. The first-order valence-electron chi connectivity index (χ1n) is 13.2. The Hall–Kier alpha value is -3.07. The van der Waals surface area contributed by atoms with Crippen LogP contribution in [0.25, 0.3) is 0 Å². The van der Waals surface area contributed by atoms with Crippen molar-refractivity contribution in [2.45, 2.75) is 57.5 Å². The van der Waals surface area contributed by atoms with Crippen molar-refractivity contribution in [3.63, 3.8) is 0 Å². The van der Waals surface area contributed by atoms with Gasteiger partial charge < -0.3 is 10.2 Å². The number of hydrogen-bond acceptors (Lipinski definition) is 4. The number of rotatable bonds is 13. The van der Waals surface area contributed by atoms with E-state index in [1.54, 1.807) is 60.7 Å². The lowest BCUT2D eigenvalue weighted by Gasteiger charge is -2.33. The van der Waals surface area contributed by atoms with Crippen molar-refractivity contribution in [2.75, 3.05) is 17.4 Å². The molecule has 0 bridgehead atoms. The van der Waals surface area contributed by atoms with Gasteiger partial charge in [0.2, 0.25) is 11.8 Å². The van der Waals surface area contributed by atoms with Gasteiger partial charge in [-0.3, -0.25) is 13.9 Å². The van der Waals surface area contributed by atoms with Crippen molar-refractivity contribution < 1.29 is 18.0 Å². The minimum atomic E-state index is -4.10. The van der Waals surface area contributed by atoms with Gasteiger partial charge in [0.1, 0.15) is 12.6 Å². The molecule has 0 heterocycles. The Morgan fingerprint density at radius 1 is 0.925 bits per heavy atom. The molecule has 0 spiro atoms. The van der Waals surface area contributed by atoms with Crippen molar-refractivity contribution >= 4 is 50.7 Å². The van der Waals surface area contributed by atoms with Gasteiger partial charge in [-0.15, -0.1) is 0 Å². The van der Waals surface area contributed by atoms with Crippen molar-refractivity contribution in [3.05, 3.63) is 94.0 Å². The van der Waals surface area contributed by atoms with Crippen LogP contribution in [0.2, 0.25) is 10.0 Å². The van der Waals surface area contributed by atoms with Crippen molar-refractivity contribution in [2.24, 2.45) is 0 Å². The van der Waals surface area contributed by atoms with Crippen LogP contribution < -0.4 is 9.62 Å². The second kappa shape index (κ2) is 14.5. The predicted octanol–water partition coefficient (Wildman–Crippen LogP) is 6.22. The van der Waals surface area contributed by atoms with Crippen LogP contribution in [0.5, 0.6) is 0 Å². The zero-order chi connectivity index (χ0) is 29.3. The van der Waals surface area contributed by atoms with Gasteiger partial charge in [0, 0.05) is 13.1 Å². The first kappa shape index (κ1) is 31.5. The number of unbranched alkanes of at least 4 members (excludes halogenated alkanes) is 1. The molecule has 0 aromatic heterocycles. The second-order valence-corrected chi connectivity index (χ2v) is 12.2. The van der Waals surface area contributed by atoms with Gasteiger partial charge in [-0.05, 0) is 61.7 Å². The SMILES string of the molecule is CCCCNC(=O)C(CC)N(Cc1ccc(Cl)c(Cl)c1)C(=O)CN(c1ccc(C)cc1)S(=O)(=O)c1ccccc1. The molecule has 0 saturated carbocycles. The van der Waals surface area contributed by atoms with E-state index in [1.807, 2.05) is 20.8 Å². The van der Waals surface area contributed by atoms with E-state index < -0.39 is 28.5 Å². The molecule has 0 aliphatic rings. The highest BCUT2D eigenvalue weighted by atomic mass is 35.5. The van der Waals surface area contributed by atoms with Crippen molar-refractivity contribution in [1.82, 2.24) is 10.2 Å². The Kier molecular flexibility index (Phi) is 11.4. The molecule has 10 heteroatoms. The molecule has 3 rings (SSSR count). The number of carbonyl (C=O) groups is 2. The molecule has 7 nitrogen and oxygen atoms in total. The van der Waals surface area contributed by atoms with Crippen LogP contribution in [0.1, 0.15) is 44.2 Å². The number of halogens is 2. The first-order valence-corrected chi connectivity index (χ1v) is 15.4. The highest BCUT2D eigenvalue weighted by Gasteiger charge is 2.33. The molecule has 0 fully saturated rings. The maximum atomic E-state index is 14.0. The van der Waals surface area contributed by atoms with E-state index in [9.17, 15) is 18.0 Å². The number of anilines is 1. The summed E-state index contributed by atoms with van der Waals surface area (Å²) in [4.78, 5) is 28.8. The summed E-state index contributed by atoms with van der Waals surface area (Å²) >= 11 is 12.3. The third-order valence-electron chi connectivity index (χ3n) is 6.48. The Bertz CT molecular complexity index is 1400. The topological polar surface area (TPSA) is 86.8 Å². The number of amides is 2. The fraction of sp³-hybridized carbons (Fsp3) is 0.333. The Balaban J connectivity index is 2.03. The van der Waals surface area contributed by atoms with Gasteiger partial charge in [-0.2, -0.15) is 0 Å². The van der Waals surface area contributed by atoms with Gasteiger partial charge in [-0.25, -0.2) is 8.42 Å². The highest BCUT2D eigenvalue weighted by Crippen LogP contribution is 2.27. The lowest BCUT2D eigenvalue weighted by Crippen LogP contribution is -2.52. The third-order valence-corrected chi connectivity index (χ3v) is 9.01. The lowest BCUT2D eigenvalue weighted by atomic mass is 10.1. The van der Waals surface area contributed by atoms with Crippen LogP contribution in [-0.4, -0.2) is 44.3 Å². The minimum absolute atomic E-state index is 0.0442. The predicted molar refractivity (Wildman–Crippen MR) is 161 cm³/mol. The summed E-state index contributed by atoms with van der Waals surface area (Å²) in [6.07, 6.45) is 2.05. The van der Waals surface area contributed by atoms with E-state index in [0.717, 1.165) is 22.7 Å². The van der Waals surface area contributed by atoms with Crippen LogP contribution >= 0.6 is 23.2 Å². The number of nitrogens with one attached hydrogen (secondary N) is 1. The Labute approximate surface area is 247 Å². The summed E-state index contributed by atoms with van der Waals surface area (Å²) in [5.41, 5.74) is 1.95. The van der Waals surface area contributed by atoms with Crippen LogP contribution in [0.3, 0.4) is 0 Å². The van der Waals surface area contributed by atoms with Crippen LogP contribution in [0.4, 0.5) is 5.69 Å². The number of hydrogen-bond donors (Lipinski definition) is 1.